The largest absolute Gasteiger partial charge is 0.435 e. The maximum atomic E-state index is 12.1. The van der Waals surface area contributed by atoms with Crippen molar-refractivity contribution in [2.75, 3.05) is 19.8 Å². The zero-order chi connectivity index (χ0) is 15.5. The van der Waals surface area contributed by atoms with Gasteiger partial charge in [0.15, 0.2) is 0 Å². The number of urea groups is 1. The number of rotatable bonds is 9. The van der Waals surface area contributed by atoms with E-state index in [-0.39, 0.29) is 18.3 Å². The molecule has 0 bridgehead atoms. The van der Waals surface area contributed by atoms with Crippen LogP contribution in [0.4, 0.5) is 13.6 Å². The molecule has 21 heavy (non-hydrogen) atoms. The Bertz CT molecular complexity index is 430. The average molecular weight is 302 g/mol. The van der Waals surface area contributed by atoms with Crippen molar-refractivity contribution in [3.05, 3.63) is 29.8 Å². The summed E-state index contributed by atoms with van der Waals surface area (Å²) >= 11 is 0. The molecule has 118 valence electrons. The maximum absolute atomic E-state index is 12.1. The summed E-state index contributed by atoms with van der Waals surface area (Å²) in [6.45, 7) is 1.05. The Kier molecular flexibility index (Phi) is 8.11. The number of carbonyl (C=O) groups is 1. The average Bonchev–Trinajstić information content (AvgIpc) is 2.44. The standard InChI is InChI=1S/C14H20F2N2O3/c1-2-20-8-4-7-17-14(19)18-10-11-5-3-6-12(9-11)21-13(15)16/h3,5-6,9,13H,2,4,7-8,10H2,1H3,(H2,17,18,19). The number of benzene rings is 1. The molecule has 0 fully saturated rings. The summed E-state index contributed by atoms with van der Waals surface area (Å²) < 4.78 is 33.6. The zero-order valence-corrected chi connectivity index (χ0v) is 11.9. The molecule has 0 aliphatic rings. The van der Waals surface area contributed by atoms with Crippen LogP contribution in [0.3, 0.4) is 0 Å². The van der Waals surface area contributed by atoms with E-state index in [1.54, 1.807) is 12.1 Å². The lowest BCUT2D eigenvalue weighted by atomic mass is 10.2. The molecule has 2 amide bonds. The summed E-state index contributed by atoms with van der Waals surface area (Å²) in [6.07, 6.45) is 0.735. The van der Waals surface area contributed by atoms with Gasteiger partial charge in [-0.3, -0.25) is 0 Å². The lowest BCUT2D eigenvalue weighted by Crippen LogP contribution is -2.35. The highest BCUT2D eigenvalue weighted by molar-refractivity contribution is 5.73. The number of alkyl halides is 2. The van der Waals surface area contributed by atoms with Gasteiger partial charge in [0, 0.05) is 26.3 Å². The smallest absolute Gasteiger partial charge is 0.387 e. The lowest BCUT2D eigenvalue weighted by molar-refractivity contribution is -0.0498. The first-order chi connectivity index (χ1) is 10.1. The highest BCUT2D eigenvalue weighted by Crippen LogP contribution is 2.15. The Morgan fingerprint density at radius 2 is 2.14 bits per heavy atom. The van der Waals surface area contributed by atoms with E-state index >= 15 is 0 Å². The fraction of sp³-hybridized carbons (Fsp3) is 0.500. The Morgan fingerprint density at radius 1 is 1.33 bits per heavy atom. The molecular weight excluding hydrogens is 282 g/mol. The van der Waals surface area contributed by atoms with Gasteiger partial charge in [-0.1, -0.05) is 12.1 Å². The molecule has 1 rings (SSSR count). The summed E-state index contributed by atoms with van der Waals surface area (Å²) in [4.78, 5) is 11.5. The second-order valence-corrected chi connectivity index (χ2v) is 4.19. The number of hydrogen-bond donors (Lipinski definition) is 2. The van der Waals surface area contributed by atoms with Gasteiger partial charge >= 0.3 is 12.6 Å². The Labute approximate surface area is 122 Å². The Balaban J connectivity index is 2.26. The molecule has 7 heteroatoms. The molecule has 0 aromatic heterocycles. The van der Waals surface area contributed by atoms with Crippen LogP contribution in [-0.4, -0.2) is 32.4 Å². The van der Waals surface area contributed by atoms with E-state index in [4.69, 9.17) is 4.74 Å². The van der Waals surface area contributed by atoms with Gasteiger partial charge in [0.05, 0.1) is 0 Å². The number of carbonyl (C=O) groups excluding carboxylic acids is 1. The third-order valence-electron chi connectivity index (χ3n) is 2.53. The van der Waals surface area contributed by atoms with E-state index in [1.807, 2.05) is 6.92 Å². The molecular formula is C14H20F2N2O3. The van der Waals surface area contributed by atoms with Gasteiger partial charge in [0.25, 0.3) is 0 Å². The molecule has 1 aromatic rings. The Morgan fingerprint density at radius 3 is 2.86 bits per heavy atom. The van der Waals surface area contributed by atoms with E-state index in [2.05, 4.69) is 15.4 Å². The van der Waals surface area contributed by atoms with Crippen LogP contribution >= 0.6 is 0 Å². The van der Waals surface area contributed by atoms with Crippen LogP contribution in [0.1, 0.15) is 18.9 Å². The van der Waals surface area contributed by atoms with E-state index in [1.165, 1.54) is 12.1 Å². The number of ether oxygens (including phenoxy) is 2. The molecule has 2 N–H and O–H groups in total. The first kappa shape index (κ1) is 17.2. The Hall–Kier alpha value is -1.89. The summed E-state index contributed by atoms with van der Waals surface area (Å²) in [5.41, 5.74) is 0.678. The van der Waals surface area contributed by atoms with Gasteiger partial charge in [0.1, 0.15) is 5.75 Å². The highest BCUT2D eigenvalue weighted by atomic mass is 19.3. The molecule has 0 aliphatic carbocycles. The number of halogens is 2. The minimum Gasteiger partial charge on any atom is -0.435 e. The van der Waals surface area contributed by atoms with Crippen molar-refractivity contribution in [3.8, 4) is 5.75 Å². The highest BCUT2D eigenvalue weighted by Gasteiger charge is 2.05. The third kappa shape index (κ3) is 8.09. The van der Waals surface area contributed by atoms with Crippen LogP contribution in [0.5, 0.6) is 5.75 Å². The molecule has 0 unspecified atom stereocenters. The summed E-state index contributed by atoms with van der Waals surface area (Å²) in [5, 5.41) is 5.31. The number of amides is 2. The molecule has 0 heterocycles. The van der Waals surface area contributed by atoms with Crippen LogP contribution in [-0.2, 0) is 11.3 Å². The van der Waals surface area contributed by atoms with Gasteiger partial charge in [-0.2, -0.15) is 8.78 Å². The maximum Gasteiger partial charge on any atom is 0.387 e. The second-order valence-electron chi connectivity index (χ2n) is 4.19. The van der Waals surface area contributed by atoms with Crippen molar-refractivity contribution < 1.29 is 23.0 Å². The van der Waals surface area contributed by atoms with Crippen molar-refractivity contribution in [1.82, 2.24) is 10.6 Å². The topological polar surface area (TPSA) is 59.6 Å². The SMILES string of the molecule is CCOCCCNC(=O)NCc1cccc(OC(F)F)c1. The van der Waals surface area contributed by atoms with Crippen molar-refractivity contribution in [2.24, 2.45) is 0 Å². The molecule has 5 nitrogen and oxygen atoms in total. The van der Waals surface area contributed by atoms with Gasteiger partial charge in [-0.25, -0.2) is 4.79 Å². The van der Waals surface area contributed by atoms with Crippen LogP contribution in [0, 0.1) is 0 Å². The van der Waals surface area contributed by atoms with Crippen molar-refractivity contribution in [1.29, 1.82) is 0 Å². The first-order valence-corrected chi connectivity index (χ1v) is 6.75. The molecule has 0 saturated carbocycles. The second kappa shape index (κ2) is 9.93. The van der Waals surface area contributed by atoms with E-state index in [9.17, 15) is 13.6 Å². The van der Waals surface area contributed by atoms with Crippen molar-refractivity contribution in [3.63, 3.8) is 0 Å². The first-order valence-electron chi connectivity index (χ1n) is 6.75. The van der Waals surface area contributed by atoms with Crippen LogP contribution in [0.2, 0.25) is 0 Å². The van der Waals surface area contributed by atoms with Crippen molar-refractivity contribution >= 4 is 6.03 Å². The number of hydrogen-bond acceptors (Lipinski definition) is 3. The van der Waals surface area contributed by atoms with E-state index in [0.717, 1.165) is 6.42 Å². The number of nitrogens with one attached hydrogen (secondary N) is 2. The van der Waals surface area contributed by atoms with Crippen molar-refractivity contribution in [2.45, 2.75) is 26.5 Å². The molecule has 0 spiro atoms. The predicted molar refractivity (Wildman–Crippen MR) is 74.4 cm³/mol. The zero-order valence-electron chi connectivity index (χ0n) is 11.9. The fourth-order valence-corrected chi connectivity index (χ4v) is 1.60. The molecule has 1 aromatic carbocycles. The molecule has 0 aliphatic heterocycles. The van der Waals surface area contributed by atoms with Crippen LogP contribution in [0.15, 0.2) is 24.3 Å². The lowest BCUT2D eigenvalue weighted by Gasteiger charge is -2.09. The van der Waals surface area contributed by atoms with Gasteiger partial charge < -0.3 is 20.1 Å². The summed E-state index contributed by atoms with van der Waals surface area (Å²) in [6, 6.07) is 5.89. The monoisotopic (exact) mass is 302 g/mol. The predicted octanol–water partition coefficient (Wildman–Crippen LogP) is 2.51. The molecule has 0 radical (unpaired) electrons. The third-order valence-corrected chi connectivity index (χ3v) is 2.53. The quantitative estimate of drug-likeness (QED) is 0.689. The van der Waals surface area contributed by atoms with E-state index < -0.39 is 6.61 Å². The fourth-order valence-electron chi connectivity index (χ4n) is 1.60. The van der Waals surface area contributed by atoms with Crippen LogP contribution < -0.4 is 15.4 Å². The van der Waals surface area contributed by atoms with Gasteiger partial charge in [-0.15, -0.1) is 0 Å². The molecule has 0 atom stereocenters. The summed E-state index contributed by atoms with van der Waals surface area (Å²) in [5.74, 6) is 0.0708. The normalized spacial score (nSPS) is 10.5. The molecule has 0 saturated heterocycles. The van der Waals surface area contributed by atoms with Crippen LogP contribution in [0.25, 0.3) is 0 Å². The van der Waals surface area contributed by atoms with E-state index in [0.29, 0.717) is 25.3 Å². The minimum atomic E-state index is -2.86. The van der Waals surface area contributed by atoms with Gasteiger partial charge in [-0.05, 0) is 31.0 Å². The summed E-state index contributed by atoms with van der Waals surface area (Å²) in [7, 11) is 0. The van der Waals surface area contributed by atoms with Gasteiger partial charge in [0.2, 0.25) is 0 Å². The minimum absolute atomic E-state index is 0.0708.